The first-order valence-electron chi connectivity index (χ1n) is 6.86. The Morgan fingerprint density at radius 1 is 1.35 bits per heavy atom. The summed E-state index contributed by atoms with van der Waals surface area (Å²) in [6, 6.07) is 9.86. The van der Waals surface area contributed by atoms with Crippen molar-refractivity contribution in [2.24, 2.45) is 11.7 Å². The first-order valence-corrected chi connectivity index (χ1v) is 6.86. The summed E-state index contributed by atoms with van der Waals surface area (Å²) in [5.41, 5.74) is 9.13. The van der Waals surface area contributed by atoms with Gasteiger partial charge in [-0.15, -0.1) is 0 Å². The SMILES string of the molecule is CC1Cc2ccccc2N1CCC(N)C1CC1. The van der Waals surface area contributed by atoms with Gasteiger partial charge in [-0.05, 0) is 50.2 Å². The molecule has 2 aliphatic rings. The van der Waals surface area contributed by atoms with Crippen LogP contribution in [0.15, 0.2) is 24.3 Å². The fourth-order valence-corrected chi connectivity index (χ4v) is 3.02. The summed E-state index contributed by atoms with van der Waals surface area (Å²) >= 11 is 0. The molecule has 2 atom stereocenters. The third-order valence-corrected chi connectivity index (χ3v) is 4.28. The highest BCUT2D eigenvalue weighted by Gasteiger charge is 2.30. The molecule has 2 heteroatoms. The monoisotopic (exact) mass is 230 g/mol. The van der Waals surface area contributed by atoms with Crippen LogP contribution in [0.5, 0.6) is 0 Å². The zero-order chi connectivity index (χ0) is 11.8. The third kappa shape index (κ3) is 2.19. The number of rotatable bonds is 4. The molecule has 1 heterocycles. The number of hydrogen-bond acceptors (Lipinski definition) is 2. The lowest BCUT2D eigenvalue weighted by Crippen LogP contribution is -2.35. The number of fused-ring (bicyclic) bond motifs is 1. The molecule has 2 N–H and O–H groups in total. The molecule has 1 aromatic carbocycles. The largest absolute Gasteiger partial charge is 0.368 e. The number of nitrogens with zero attached hydrogens (tertiary/aromatic N) is 1. The summed E-state index contributed by atoms with van der Waals surface area (Å²) in [6.07, 6.45) is 5.04. The minimum absolute atomic E-state index is 0.426. The van der Waals surface area contributed by atoms with Crippen LogP contribution in [-0.2, 0) is 6.42 Å². The van der Waals surface area contributed by atoms with Crippen molar-refractivity contribution in [2.75, 3.05) is 11.4 Å². The van der Waals surface area contributed by atoms with E-state index in [1.54, 1.807) is 0 Å². The van der Waals surface area contributed by atoms with E-state index in [0.717, 1.165) is 18.9 Å². The van der Waals surface area contributed by atoms with Crippen LogP contribution in [0, 0.1) is 5.92 Å². The Balaban J connectivity index is 1.66. The molecule has 0 amide bonds. The minimum atomic E-state index is 0.426. The van der Waals surface area contributed by atoms with E-state index in [2.05, 4.69) is 36.1 Å². The molecule has 1 saturated carbocycles. The van der Waals surface area contributed by atoms with Crippen LogP contribution in [-0.4, -0.2) is 18.6 Å². The minimum Gasteiger partial charge on any atom is -0.368 e. The lowest BCUT2D eigenvalue weighted by Gasteiger charge is -2.26. The molecule has 1 aliphatic heterocycles. The van der Waals surface area contributed by atoms with Gasteiger partial charge in [-0.25, -0.2) is 0 Å². The normalized spacial score (nSPS) is 24.8. The van der Waals surface area contributed by atoms with E-state index in [0.29, 0.717) is 12.1 Å². The van der Waals surface area contributed by atoms with Crippen molar-refractivity contribution in [2.45, 2.75) is 44.7 Å². The van der Waals surface area contributed by atoms with Crippen molar-refractivity contribution < 1.29 is 0 Å². The molecule has 0 radical (unpaired) electrons. The van der Waals surface area contributed by atoms with E-state index < -0.39 is 0 Å². The van der Waals surface area contributed by atoms with Gasteiger partial charge in [0.25, 0.3) is 0 Å². The second-order valence-corrected chi connectivity index (χ2v) is 5.67. The van der Waals surface area contributed by atoms with Crippen molar-refractivity contribution >= 4 is 5.69 Å². The predicted molar refractivity (Wildman–Crippen MR) is 72.3 cm³/mol. The van der Waals surface area contributed by atoms with E-state index in [1.165, 1.54) is 30.5 Å². The zero-order valence-electron chi connectivity index (χ0n) is 10.6. The van der Waals surface area contributed by atoms with E-state index >= 15 is 0 Å². The van der Waals surface area contributed by atoms with Gasteiger partial charge in [0.15, 0.2) is 0 Å². The molecule has 1 fully saturated rings. The molecule has 3 rings (SSSR count). The third-order valence-electron chi connectivity index (χ3n) is 4.28. The van der Waals surface area contributed by atoms with E-state index in [9.17, 15) is 0 Å². The summed E-state index contributed by atoms with van der Waals surface area (Å²) in [4.78, 5) is 2.54. The molecular formula is C15H22N2. The van der Waals surface area contributed by atoms with Gasteiger partial charge >= 0.3 is 0 Å². The highest BCUT2D eigenvalue weighted by molar-refractivity contribution is 5.59. The molecule has 2 unspecified atom stereocenters. The predicted octanol–water partition coefficient (Wildman–Crippen LogP) is 2.57. The smallest absolute Gasteiger partial charge is 0.0402 e. The lowest BCUT2D eigenvalue weighted by atomic mass is 10.1. The quantitative estimate of drug-likeness (QED) is 0.861. The van der Waals surface area contributed by atoms with Gasteiger partial charge in [-0.2, -0.15) is 0 Å². The van der Waals surface area contributed by atoms with Crippen LogP contribution >= 0.6 is 0 Å². The number of nitrogens with two attached hydrogens (primary N) is 1. The number of hydrogen-bond donors (Lipinski definition) is 1. The van der Waals surface area contributed by atoms with Gasteiger partial charge in [-0.3, -0.25) is 0 Å². The average molecular weight is 230 g/mol. The Morgan fingerprint density at radius 3 is 2.88 bits per heavy atom. The second kappa shape index (κ2) is 4.34. The number of anilines is 1. The van der Waals surface area contributed by atoms with Crippen LogP contribution in [0.4, 0.5) is 5.69 Å². The summed E-state index contributed by atoms with van der Waals surface area (Å²) in [5.74, 6) is 0.822. The Labute approximate surface area is 104 Å². The first kappa shape index (κ1) is 11.1. The van der Waals surface area contributed by atoms with Gasteiger partial charge in [0.05, 0.1) is 0 Å². The first-order chi connectivity index (χ1) is 8.25. The highest BCUT2D eigenvalue weighted by atomic mass is 15.2. The summed E-state index contributed by atoms with van der Waals surface area (Å²) in [6.45, 7) is 3.44. The van der Waals surface area contributed by atoms with Gasteiger partial charge in [0, 0.05) is 24.3 Å². The van der Waals surface area contributed by atoms with Crippen LogP contribution in [0.1, 0.15) is 31.7 Å². The van der Waals surface area contributed by atoms with Crippen molar-refractivity contribution in [1.29, 1.82) is 0 Å². The Hall–Kier alpha value is -1.02. The summed E-state index contributed by atoms with van der Waals surface area (Å²) in [7, 11) is 0. The molecule has 2 nitrogen and oxygen atoms in total. The van der Waals surface area contributed by atoms with Gasteiger partial charge < -0.3 is 10.6 Å². The Bertz CT molecular complexity index is 398. The van der Waals surface area contributed by atoms with Crippen LogP contribution in [0.3, 0.4) is 0 Å². The zero-order valence-corrected chi connectivity index (χ0v) is 10.6. The van der Waals surface area contributed by atoms with Gasteiger partial charge in [-0.1, -0.05) is 18.2 Å². The maximum atomic E-state index is 6.20. The Morgan fingerprint density at radius 2 is 2.12 bits per heavy atom. The number of benzene rings is 1. The molecule has 0 bridgehead atoms. The average Bonchev–Trinajstić information content (AvgIpc) is 3.11. The molecule has 0 saturated heterocycles. The van der Waals surface area contributed by atoms with Crippen LogP contribution < -0.4 is 10.6 Å². The van der Waals surface area contributed by atoms with Crippen LogP contribution in [0.25, 0.3) is 0 Å². The molecule has 1 aliphatic carbocycles. The Kier molecular flexibility index (Phi) is 2.83. The fraction of sp³-hybridized carbons (Fsp3) is 0.600. The van der Waals surface area contributed by atoms with Crippen LogP contribution in [0.2, 0.25) is 0 Å². The van der Waals surface area contributed by atoms with Crippen molar-refractivity contribution in [3.05, 3.63) is 29.8 Å². The second-order valence-electron chi connectivity index (χ2n) is 5.67. The molecule has 92 valence electrons. The van der Waals surface area contributed by atoms with Crippen molar-refractivity contribution in [3.63, 3.8) is 0 Å². The topological polar surface area (TPSA) is 29.3 Å². The van der Waals surface area contributed by atoms with Crippen molar-refractivity contribution in [3.8, 4) is 0 Å². The molecule has 0 spiro atoms. The molecule has 0 aromatic heterocycles. The summed E-state index contributed by atoms with van der Waals surface area (Å²) < 4.78 is 0. The maximum absolute atomic E-state index is 6.20. The highest BCUT2D eigenvalue weighted by Crippen LogP contribution is 2.35. The summed E-state index contributed by atoms with van der Waals surface area (Å²) in [5, 5.41) is 0. The maximum Gasteiger partial charge on any atom is 0.0402 e. The van der Waals surface area contributed by atoms with Crippen molar-refractivity contribution in [1.82, 2.24) is 0 Å². The van der Waals surface area contributed by atoms with Gasteiger partial charge in [0.1, 0.15) is 0 Å². The van der Waals surface area contributed by atoms with E-state index in [4.69, 9.17) is 5.73 Å². The lowest BCUT2D eigenvalue weighted by molar-refractivity contribution is 0.529. The number of para-hydroxylation sites is 1. The standard InChI is InChI=1S/C15H22N2/c1-11-10-13-4-2-3-5-15(13)17(11)9-8-14(16)12-6-7-12/h2-5,11-12,14H,6-10,16H2,1H3. The molecule has 17 heavy (non-hydrogen) atoms. The van der Waals surface area contributed by atoms with E-state index in [1.807, 2.05) is 0 Å². The van der Waals surface area contributed by atoms with Gasteiger partial charge in [0.2, 0.25) is 0 Å². The molecular weight excluding hydrogens is 208 g/mol. The molecule has 1 aromatic rings. The van der Waals surface area contributed by atoms with E-state index in [-0.39, 0.29) is 0 Å². The fourth-order valence-electron chi connectivity index (χ4n) is 3.02.